The molecule has 0 spiro atoms. The first-order chi connectivity index (χ1) is 18.6. The fourth-order valence-corrected chi connectivity index (χ4v) is 8.28. The Morgan fingerprint density at radius 3 is 2.39 bits per heavy atom. The number of piperidine rings is 1. The number of rotatable bonds is 4. The molecule has 38 heavy (non-hydrogen) atoms. The lowest BCUT2D eigenvalue weighted by atomic mass is 9.82. The smallest absolute Gasteiger partial charge is 0.159 e. The van der Waals surface area contributed by atoms with E-state index in [4.69, 9.17) is 6.58 Å². The summed E-state index contributed by atoms with van der Waals surface area (Å²) >= 11 is 0. The number of hydrogen-bond acceptors (Lipinski definition) is 2. The van der Waals surface area contributed by atoms with Crippen molar-refractivity contribution >= 4 is 16.7 Å². The normalized spacial score (nSPS) is 25.5. The molecule has 2 aliphatic heterocycles. The second-order valence-corrected chi connectivity index (χ2v) is 12.7. The molecule has 2 saturated carbocycles. The van der Waals surface area contributed by atoms with Gasteiger partial charge in [0.2, 0.25) is 0 Å². The Hall–Kier alpha value is -2.81. The van der Waals surface area contributed by atoms with Gasteiger partial charge in [0.15, 0.2) is 5.78 Å². The second-order valence-electron chi connectivity index (χ2n) is 12.7. The number of ketones is 1. The molecule has 3 nitrogen and oxygen atoms in total. The van der Waals surface area contributed by atoms with Gasteiger partial charge in [-0.25, -0.2) is 0 Å². The van der Waals surface area contributed by atoms with Crippen LogP contribution in [0.3, 0.4) is 0 Å². The largest absolute Gasteiger partial charge is 0.375 e. The summed E-state index contributed by atoms with van der Waals surface area (Å²) in [4.78, 5) is 15.1. The summed E-state index contributed by atoms with van der Waals surface area (Å²) in [6, 6.07) is 15.8. The predicted molar refractivity (Wildman–Crippen MR) is 157 cm³/mol. The Balaban J connectivity index is 1.46. The molecule has 3 aromatic rings. The van der Waals surface area contributed by atoms with Crippen LogP contribution >= 0.6 is 0 Å². The fraction of sp³-hybridized carbons (Fsp3) is 0.514. The number of Topliss-reactive ketones (excluding diaryl/α,β-unsaturated/α-hetero) is 1. The Bertz CT molecular complexity index is 1400. The van der Waals surface area contributed by atoms with Crippen LogP contribution in [0.5, 0.6) is 0 Å². The van der Waals surface area contributed by atoms with Crippen LogP contribution in [0.2, 0.25) is 0 Å². The quantitative estimate of drug-likeness (QED) is 0.330. The summed E-state index contributed by atoms with van der Waals surface area (Å²) in [6.07, 6.45) is 14.4. The number of carbonyl (C=O) groups is 1. The number of aromatic nitrogens is 1. The fourth-order valence-electron chi connectivity index (χ4n) is 8.28. The van der Waals surface area contributed by atoms with E-state index in [0.29, 0.717) is 11.8 Å². The van der Waals surface area contributed by atoms with Crippen molar-refractivity contribution in [2.45, 2.75) is 95.9 Å². The van der Waals surface area contributed by atoms with Gasteiger partial charge in [-0.1, -0.05) is 75.1 Å². The number of hydrogen-bond donors (Lipinski definition) is 0. The zero-order chi connectivity index (χ0) is 25.9. The first kappa shape index (κ1) is 24.2. The molecule has 3 fully saturated rings. The van der Waals surface area contributed by atoms with Gasteiger partial charge in [0.05, 0.1) is 5.69 Å². The lowest BCUT2D eigenvalue weighted by Gasteiger charge is -2.35. The predicted octanol–water partition coefficient (Wildman–Crippen LogP) is 8.83. The Labute approximate surface area is 227 Å². The topological polar surface area (TPSA) is 25.2 Å². The molecule has 0 bridgehead atoms. The van der Waals surface area contributed by atoms with Crippen LogP contribution in [0.25, 0.3) is 22.2 Å². The summed E-state index contributed by atoms with van der Waals surface area (Å²) in [6.45, 7) is 9.78. The third-order valence-electron chi connectivity index (χ3n) is 10.4. The summed E-state index contributed by atoms with van der Waals surface area (Å²) in [5.74, 6) is 1.27. The molecule has 2 atom stereocenters. The van der Waals surface area contributed by atoms with Crippen LogP contribution in [-0.2, 0) is 6.54 Å². The molecule has 2 aromatic carbocycles. The average molecular weight is 507 g/mol. The van der Waals surface area contributed by atoms with Crippen LogP contribution in [0.15, 0.2) is 54.7 Å². The van der Waals surface area contributed by atoms with Crippen molar-refractivity contribution in [3.8, 4) is 11.3 Å². The van der Waals surface area contributed by atoms with E-state index in [-0.39, 0.29) is 11.2 Å². The van der Waals surface area contributed by atoms with Crippen LogP contribution < -0.4 is 0 Å². The van der Waals surface area contributed by atoms with Crippen molar-refractivity contribution in [1.29, 1.82) is 0 Å². The highest BCUT2D eigenvalue weighted by atomic mass is 16.1. The van der Waals surface area contributed by atoms with E-state index in [9.17, 15) is 4.79 Å². The molecule has 3 heteroatoms. The van der Waals surface area contributed by atoms with Crippen LogP contribution in [0, 0.1) is 5.41 Å². The number of carbonyl (C=O) groups excluding carboxylic acids is 1. The van der Waals surface area contributed by atoms with E-state index in [2.05, 4.69) is 51.9 Å². The number of nitrogens with zero attached hydrogens (tertiary/aromatic N) is 2. The highest BCUT2D eigenvalue weighted by molar-refractivity contribution is 6.01. The molecule has 1 saturated heterocycles. The first-order valence-electron chi connectivity index (χ1n) is 15.3. The van der Waals surface area contributed by atoms with Crippen molar-refractivity contribution in [2.24, 2.45) is 5.41 Å². The van der Waals surface area contributed by atoms with E-state index in [1.807, 2.05) is 0 Å². The zero-order valence-electron chi connectivity index (χ0n) is 23.1. The third-order valence-corrected chi connectivity index (χ3v) is 10.4. The number of allylic oxidation sites excluding steroid dienone is 1. The van der Waals surface area contributed by atoms with Gasteiger partial charge in [0, 0.05) is 52.8 Å². The van der Waals surface area contributed by atoms with Gasteiger partial charge in [0.25, 0.3) is 0 Å². The molecule has 0 N–H and O–H groups in total. The minimum absolute atomic E-state index is 0.0784. The summed E-state index contributed by atoms with van der Waals surface area (Å²) in [5.41, 5.74) is 9.49. The van der Waals surface area contributed by atoms with E-state index < -0.39 is 0 Å². The van der Waals surface area contributed by atoms with Gasteiger partial charge in [-0.15, -0.1) is 0 Å². The van der Waals surface area contributed by atoms with Gasteiger partial charge in [-0.3, -0.25) is 4.79 Å². The molecule has 2 unspecified atom stereocenters. The molecule has 0 amide bonds. The van der Waals surface area contributed by atoms with E-state index in [1.165, 1.54) is 104 Å². The van der Waals surface area contributed by atoms with Crippen LogP contribution in [0.4, 0.5) is 0 Å². The van der Waals surface area contributed by atoms with Crippen molar-refractivity contribution in [2.75, 3.05) is 13.1 Å². The first-order valence-corrected chi connectivity index (χ1v) is 15.3. The standard InChI is InChI=1S/C35H42N2O/c1-24(38)27-17-18-30-32(21-27)37-23-35(25(2)36-19-11-6-12-20-36)22-31(35)28-15-9-10-16-29(28)34(37)33(30)26-13-7-4-3-5-8-14-26/h9-10,15-18,21,26,31H,2-8,11-14,19-20,22-23H2,1H3. The van der Waals surface area contributed by atoms with Crippen molar-refractivity contribution in [3.63, 3.8) is 0 Å². The SMILES string of the molecule is C=C(N1CCCCC1)C12CC1c1ccccc1-c1c(C3CCCCCCC3)c3ccc(C(C)=O)cc3n1C2. The zero-order valence-corrected chi connectivity index (χ0v) is 23.1. The molecule has 0 radical (unpaired) electrons. The highest BCUT2D eigenvalue weighted by Crippen LogP contribution is 2.68. The van der Waals surface area contributed by atoms with E-state index >= 15 is 0 Å². The third kappa shape index (κ3) is 3.80. The maximum Gasteiger partial charge on any atom is 0.159 e. The minimum Gasteiger partial charge on any atom is -0.375 e. The monoisotopic (exact) mass is 506 g/mol. The second kappa shape index (κ2) is 9.43. The maximum absolute atomic E-state index is 12.5. The van der Waals surface area contributed by atoms with Crippen molar-refractivity contribution in [3.05, 3.63) is 71.4 Å². The van der Waals surface area contributed by atoms with E-state index in [0.717, 1.165) is 25.2 Å². The molecule has 2 aliphatic carbocycles. The summed E-state index contributed by atoms with van der Waals surface area (Å²) in [5, 5.41) is 1.38. The van der Waals surface area contributed by atoms with Crippen molar-refractivity contribution < 1.29 is 4.79 Å². The van der Waals surface area contributed by atoms with Gasteiger partial charge >= 0.3 is 0 Å². The Morgan fingerprint density at radius 1 is 0.921 bits per heavy atom. The van der Waals surface area contributed by atoms with Crippen molar-refractivity contribution in [1.82, 2.24) is 9.47 Å². The van der Waals surface area contributed by atoms with Crippen LogP contribution in [-0.4, -0.2) is 28.3 Å². The Kier molecular flexibility index (Phi) is 6.02. The van der Waals surface area contributed by atoms with Gasteiger partial charge in [-0.2, -0.15) is 0 Å². The Morgan fingerprint density at radius 2 is 1.63 bits per heavy atom. The minimum atomic E-state index is 0.0784. The van der Waals surface area contributed by atoms with Gasteiger partial charge in [-0.05, 0) is 74.5 Å². The van der Waals surface area contributed by atoms with Gasteiger partial charge < -0.3 is 9.47 Å². The lowest BCUT2D eigenvalue weighted by Crippen LogP contribution is -2.34. The molecule has 198 valence electrons. The molecule has 4 aliphatic rings. The average Bonchev–Trinajstić information content (AvgIpc) is 3.59. The van der Waals surface area contributed by atoms with Gasteiger partial charge in [0.1, 0.15) is 0 Å². The lowest BCUT2D eigenvalue weighted by molar-refractivity contribution is 0.101. The summed E-state index contributed by atoms with van der Waals surface area (Å²) < 4.78 is 2.65. The number of benzene rings is 2. The molecule has 1 aromatic heterocycles. The number of likely N-dealkylation sites (tertiary alicyclic amines) is 1. The summed E-state index contributed by atoms with van der Waals surface area (Å²) in [7, 11) is 0. The maximum atomic E-state index is 12.5. The molecular weight excluding hydrogens is 464 g/mol. The number of fused-ring (bicyclic) bond motifs is 7. The molecule has 7 rings (SSSR count). The molecular formula is C35H42N2O. The van der Waals surface area contributed by atoms with Crippen LogP contribution in [0.1, 0.15) is 111 Å². The highest BCUT2D eigenvalue weighted by Gasteiger charge is 2.60. The molecule has 3 heterocycles. The van der Waals surface area contributed by atoms with E-state index in [1.54, 1.807) is 12.5 Å².